The Kier molecular flexibility index (Phi) is 2.68. The lowest BCUT2D eigenvalue weighted by Crippen LogP contribution is -2.19. The summed E-state index contributed by atoms with van der Waals surface area (Å²) in [7, 11) is 0. The number of fused-ring (bicyclic) bond motifs is 1. The quantitative estimate of drug-likeness (QED) is 0.655. The second-order valence-electron chi connectivity index (χ2n) is 3.89. The van der Waals surface area contributed by atoms with Gasteiger partial charge in [0.2, 0.25) is 0 Å². The Hall–Kier alpha value is -1.09. The smallest absolute Gasteiger partial charge is 0.252 e. The Morgan fingerprint density at radius 3 is 2.86 bits per heavy atom. The fourth-order valence-corrected chi connectivity index (χ4v) is 2.05. The van der Waals surface area contributed by atoms with Gasteiger partial charge in [-0.1, -0.05) is 6.42 Å². The highest BCUT2D eigenvalue weighted by Crippen LogP contribution is 2.17. The van der Waals surface area contributed by atoms with E-state index in [4.69, 9.17) is 5.73 Å². The average Bonchev–Trinajstić information content (AvgIpc) is 2.41. The Morgan fingerprint density at radius 2 is 2.07 bits per heavy atom. The molecular formula is C11H16N2O. The van der Waals surface area contributed by atoms with Crippen LogP contribution >= 0.6 is 0 Å². The molecule has 1 aromatic heterocycles. The highest BCUT2D eigenvalue weighted by Gasteiger charge is 2.10. The molecule has 0 saturated heterocycles. The highest BCUT2D eigenvalue weighted by atomic mass is 16.1. The van der Waals surface area contributed by atoms with Gasteiger partial charge in [-0.05, 0) is 37.3 Å². The summed E-state index contributed by atoms with van der Waals surface area (Å²) in [6.45, 7) is 0.336. The second-order valence-corrected chi connectivity index (χ2v) is 3.89. The van der Waals surface area contributed by atoms with Gasteiger partial charge in [-0.25, -0.2) is 0 Å². The molecule has 14 heavy (non-hydrogen) atoms. The highest BCUT2D eigenvalue weighted by molar-refractivity contribution is 5.26. The summed E-state index contributed by atoms with van der Waals surface area (Å²) in [6, 6.07) is 1.99. The maximum Gasteiger partial charge on any atom is 0.252 e. The van der Waals surface area contributed by atoms with Crippen molar-refractivity contribution in [1.82, 2.24) is 4.98 Å². The minimum absolute atomic E-state index is 0.00634. The lowest BCUT2D eigenvalue weighted by Gasteiger charge is -2.06. The lowest BCUT2D eigenvalue weighted by molar-refractivity contribution is 0.708. The van der Waals surface area contributed by atoms with E-state index >= 15 is 0 Å². The van der Waals surface area contributed by atoms with Crippen molar-refractivity contribution in [2.24, 2.45) is 5.73 Å². The van der Waals surface area contributed by atoms with Crippen molar-refractivity contribution >= 4 is 0 Å². The number of hydrogen-bond donors (Lipinski definition) is 2. The molecule has 3 nitrogen and oxygen atoms in total. The number of nitrogens with two attached hydrogens (primary N) is 1. The van der Waals surface area contributed by atoms with Gasteiger partial charge in [0.1, 0.15) is 0 Å². The van der Waals surface area contributed by atoms with Gasteiger partial charge in [0.25, 0.3) is 5.56 Å². The number of nitrogens with one attached hydrogen (secondary N) is 1. The average molecular weight is 192 g/mol. The number of hydrogen-bond acceptors (Lipinski definition) is 2. The van der Waals surface area contributed by atoms with Crippen LogP contribution in [0.15, 0.2) is 10.9 Å². The van der Waals surface area contributed by atoms with Crippen LogP contribution in [0, 0.1) is 0 Å². The molecule has 0 amide bonds. The van der Waals surface area contributed by atoms with Gasteiger partial charge in [0.05, 0.1) is 0 Å². The molecule has 0 atom stereocenters. The molecule has 3 N–H and O–H groups in total. The molecule has 1 aliphatic rings. The molecule has 1 aliphatic carbocycles. The molecule has 0 fully saturated rings. The third-order valence-corrected chi connectivity index (χ3v) is 2.88. The topological polar surface area (TPSA) is 58.9 Å². The van der Waals surface area contributed by atoms with Crippen LogP contribution < -0.4 is 11.3 Å². The standard InChI is InChI=1S/C11H16N2O/c12-7-9-6-8-4-2-1-3-5-10(8)13-11(9)14/h6H,1-5,7,12H2,(H,13,14). The minimum atomic E-state index is -0.00634. The molecule has 0 bridgehead atoms. The van der Waals surface area contributed by atoms with Crippen LogP contribution in [0.2, 0.25) is 0 Å². The molecule has 0 saturated carbocycles. The minimum Gasteiger partial charge on any atom is -0.326 e. The number of aromatic nitrogens is 1. The first-order chi connectivity index (χ1) is 6.81. The van der Waals surface area contributed by atoms with Crippen LogP contribution in [0.3, 0.4) is 0 Å². The number of aryl methyl sites for hydroxylation is 2. The summed E-state index contributed by atoms with van der Waals surface area (Å²) in [4.78, 5) is 14.5. The van der Waals surface area contributed by atoms with Gasteiger partial charge in [-0.2, -0.15) is 0 Å². The Labute approximate surface area is 83.3 Å². The predicted octanol–water partition coefficient (Wildman–Crippen LogP) is 1.10. The fourth-order valence-electron chi connectivity index (χ4n) is 2.05. The van der Waals surface area contributed by atoms with Crippen LogP contribution in [-0.2, 0) is 19.4 Å². The van der Waals surface area contributed by atoms with Crippen molar-refractivity contribution in [2.45, 2.75) is 38.6 Å². The van der Waals surface area contributed by atoms with Crippen molar-refractivity contribution in [3.8, 4) is 0 Å². The molecule has 0 unspecified atom stereocenters. The second kappa shape index (κ2) is 3.96. The first-order valence-corrected chi connectivity index (χ1v) is 5.25. The maximum atomic E-state index is 11.5. The number of rotatable bonds is 1. The zero-order valence-corrected chi connectivity index (χ0v) is 8.31. The first kappa shape index (κ1) is 9.46. The monoisotopic (exact) mass is 192 g/mol. The zero-order chi connectivity index (χ0) is 9.97. The third-order valence-electron chi connectivity index (χ3n) is 2.88. The van der Waals surface area contributed by atoms with Crippen LogP contribution in [0.5, 0.6) is 0 Å². The molecule has 0 spiro atoms. The van der Waals surface area contributed by atoms with E-state index in [1.165, 1.54) is 24.8 Å². The summed E-state index contributed by atoms with van der Waals surface area (Å²) in [5.74, 6) is 0. The Bertz CT molecular complexity index is 381. The summed E-state index contributed by atoms with van der Waals surface area (Å²) in [6.07, 6.45) is 5.76. The van der Waals surface area contributed by atoms with Crippen LogP contribution in [0.25, 0.3) is 0 Å². The SMILES string of the molecule is NCc1cc2c([nH]c1=O)CCCCC2. The van der Waals surface area contributed by atoms with E-state index in [0.29, 0.717) is 12.1 Å². The zero-order valence-electron chi connectivity index (χ0n) is 8.31. The van der Waals surface area contributed by atoms with Crippen LogP contribution in [0.4, 0.5) is 0 Å². The lowest BCUT2D eigenvalue weighted by atomic mass is 10.1. The summed E-state index contributed by atoms with van der Waals surface area (Å²) >= 11 is 0. The number of H-pyrrole nitrogens is 1. The Balaban J connectivity index is 2.46. The summed E-state index contributed by atoms with van der Waals surface area (Å²) < 4.78 is 0. The molecule has 0 aromatic carbocycles. The van der Waals surface area contributed by atoms with E-state index in [0.717, 1.165) is 18.5 Å². The van der Waals surface area contributed by atoms with Gasteiger partial charge < -0.3 is 10.7 Å². The van der Waals surface area contributed by atoms with E-state index in [-0.39, 0.29) is 5.56 Å². The summed E-state index contributed by atoms with van der Waals surface area (Å²) in [5, 5.41) is 0. The molecule has 76 valence electrons. The van der Waals surface area contributed by atoms with Crippen molar-refractivity contribution in [1.29, 1.82) is 0 Å². The van der Waals surface area contributed by atoms with Gasteiger partial charge in [0.15, 0.2) is 0 Å². The van der Waals surface area contributed by atoms with Gasteiger partial charge in [-0.15, -0.1) is 0 Å². The van der Waals surface area contributed by atoms with Crippen LogP contribution in [-0.4, -0.2) is 4.98 Å². The molecule has 2 rings (SSSR count). The molecule has 1 aromatic rings. The van der Waals surface area contributed by atoms with Gasteiger partial charge >= 0.3 is 0 Å². The predicted molar refractivity (Wildman–Crippen MR) is 56.2 cm³/mol. The van der Waals surface area contributed by atoms with Crippen molar-refractivity contribution in [2.75, 3.05) is 0 Å². The molecule has 3 heteroatoms. The normalized spacial score (nSPS) is 16.1. The Morgan fingerprint density at radius 1 is 1.29 bits per heavy atom. The molecule has 0 aliphatic heterocycles. The molecular weight excluding hydrogens is 176 g/mol. The molecule has 1 heterocycles. The van der Waals surface area contributed by atoms with Crippen LogP contribution in [0.1, 0.15) is 36.1 Å². The van der Waals surface area contributed by atoms with E-state index in [2.05, 4.69) is 4.98 Å². The third kappa shape index (κ3) is 1.73. The first-order valence-electron chi connectivity index (χ1n) is 5.25. The number of pyridine rings is 1. The summed E-state index contributed by atoms with van der Waals surface area (Å²) in [5.41, 5.74) is 8.63. The largest absolute Gasteiger partial charge is 0.326 e. The van der Waals surface area contributed by atoms with Gasteiger partial charge in [0, 0.05) is 17.8 Å². The van der Waals surface area contributed by atoms with E-state index in [1.54, 1.807) is 0 Å². The van der Waals surface area contributed by atoms with Gasteiger partial charge in [-0.3, -0.25) is 4.79 Å². The van der Waals surface area contributed by atoms with Crippen molar-refractivity contribution in [3.05, 3.63) is 33.2 Å². The van der Waals surface area contributed by atoms with E-state index < -0.39 is 0 Å². The fraction of sp³-hybridized carbons (Fsp3) is 0.545. The maximum absolute atomic E-state index is 11.5. The van der Waals surface area contributed by atoms with Crippen molar-refractivity contribution in [3.63, 3.8) is 0 Å². The number of aromatic amines is 1. The van der Waals surface area contributed by atoms with E-state index in [1.807, 2.05) is 6.07 Å². The van der Waals surface area contributed by atoms with E-state index in [9.17, 15) is 4.79 Å². The molecule has 0 radical (unpaired) electrons. The van der Waals surface area contributed by atoms with Crippen molar-refractivity contribution < 1.29 is 0 Å².